The van der Waals surface area contributed by atoms with E-state index < -0.39 is 32.7 Å². The SMILES string of the molecule is O=C(NCc1ccccc1F)C(=O)NCC(c1ccco1)S(=O)(=O)c1ccccc1. The molecule has 3 rings (SSSR count). The summed E-state index contributed by atoms with van der Waals surface area (Å²) in [7, 11) is -3.90. The maximum absolute atomic E-state index is 13.6. The molecule has 0 fully saturated rings. The summed E-state index contributed by atoms with van der Waals surface area (Å²) in [6, 6.07) is 16.6. The number of furan rings is 1. The van der Waals surface area contributed by atoms with Crippen LogP contribution in [0.15, 0.2) is 82.3 Å². The summed E-state index contributed by atoms with van der Waals surface area (Å²) in [5.74, 6) is -2.42. The predicted molar refractivity (Wildman–Crippen MR) is 106 cm³/mol. The van der Waals surface area contributed by atoms with Crippen LogP contribution in [0.25, 0.3) is 0 Å². The second-order valence-electron chi connectivity index (χ2n) is 6.35. The molecule has 1 atom stereocenters. The summed E-state index contributed by atoms with van der Waals surface area (Å²) in [4.78, 5) is 24.2. The average molecular weight is 430 g/mol. The highest BCUT2D eigenvalue weighted by atomic mass is 32.2. The molecule has 2 amide bonds. The zero-order chi connectivity index (χ0) is 21.6. The minimum atomic E-state index is -3.90. The zero-order valence-corrected chi connectivity index (χ0v) is 16.6. The van der Waals surface area contributed by atoms with E-state index >= 15 is 0 Å². The normalized spacial score (nSPS) is 12.2. The summed E-state index contributed by atoms with van der Waals surface area (Å²) in [5.41, 5.74) is 0.221. The van der Waals surface area contributed by atoms with Gasteiger partial charge in [-0.3, -0.25) is 9.59 Å². The number of hydrogen-bond acceptors (Lipinski definition) is 5. The number of rotatable bonds is 7. The Labute approximate surface area is 172 Å². The molecule has 0 aliphatic rings. The van der Waals surface area contributed by atoms with Crippen LogP contribution in [0.5, 0.6) is 0 Å². The predicted octanol–water partition coefficient (Wildman–Crippen LogP) is 2.37. The van der Waals surface area contributed by atoms with Gasteiger partial charge in [-0.05, 0) is 30.3 Å². The summed E-state index contributed by atoms with van der Waals surface area (Å²) >= 11 is 0. The molecule has 2 aromatic carbocycles. The van der Waals surface area contributed by atoms with Crippen molar-refractivity contribution in [3.8, 4) is 0 Å². The van der Waals surface area contributed by atoms with E-state index in [-0.39, 0.29) is 29.3 Å². The molecule has 1 heterocycles. The molecule has 3 aromatic rings. The molecule has 156 valence electrons. The van der Waals surface area contributed by atoms with Crippen molar-refractivity contribution in [1.82, 2.24) is 10.6 Å². The lowest BCUT2D eigenvalue weighted by atomic mass is 10.2. The highest BCUT2D eigenvalue weighted by Gasteiger charge is 2.32. The van der Waals surface area contributed by atoms with Crippen molar-refractivity contribution in [2.75, 3.05) is 6.54 Å². The molecule has 0 aliphatic carbocycles. The highest BCUT2D eigenvalue weighted by Crippen LogP contribution is 2.28. The number of hydrogen-bond donors (Lipinski definition) is 2. The standard InChI is InChI=1S/C21H19FN2O5S/c22-17-10-5-4-7-15(17)13-23-20(25)21(26)24-14-19(18-11-6-12-29-18)30(27,28)16-8-2-1-3-9-16/h1-12,19H,13-14H2,(H,23,25)(H,24,26). The number of carbonyl (C=O) groups is 2. The summed E-state index contributed by atoms with van der Waals surface area (Å²) in [6.45, 7) is -0.556. The molecule has 2 N–H and O–H groups in total. The number of amides is 2. The Kier molecular flexibility index (Phi) is 6.63. The van der Waals surface area contributed by atoms with Crippen LogP contribution in [0, 0.1) is 5.82 Å². The van der Waals surface area contributed by atoms with Gasteiger partial charge in [-0.25, -0.2) is 12.8 Å². The quantitative estimate of drug-likeness (QED) is 0.560. The first kappa shape index (κ1) is 21.3. The van der Waals surface area contributed by atoms with E-state index in [4.69, 9.17) is 4.42 Å². The Morgan fingerprint density at radius 1 is 0.900 bits per heavy atom. The van der Waals surface area contributed by atoms with Gasteiger partial charge in [0, 0.05) is 18.7 Å². The average Bonchev–Trinajstić information content (AvgIpc) is 3.27. The van der Waals surface area contributed by atoms with E-state index in [0.29, 0.717) is 0 Å². The minimum absolute atomic E-state index is 0.0599. The van der Waals surface area contributed by atoms with E-state index in [0.717, 1.165) is 0 Å². The Balaban J connectivity index is 1.68. The van der Waals surface area contributed by atoms with Crippen molar-refractivity contribution in [3.05, 3.63) is 90.1 Å². The molecule has 0 bridgehead atoms. The van der Waals surface area contributed by atoms with Gasteiger partial charge in [0.2, 0.25) is 0 Å². The number of halogens is 1. The van der Waals surface area contributed by atoms with Gasteiger partial charge in [0.05, 0.1) is 11.2 Å². The van der Waals surface area contributed by atoms with Gasteiger partial charge < -0.3 is 15.1 Å². The van der Waals surface area contributed by atoms with Gasteiger partial charge in [0.1, 0.15) is 16.8 Å². The molecule has 0 saturated heterocycles. The van der Waals surface area contributed by atoms with E-state index in [2.05, 4.69) is 10.6 Å². The highest BCUT2D eigenvalue weighted by molar-refractivity contribution is 7.91. The molecule has 1 aromatic heterocycles. The summed E-state index contributed by atoms with van der Waals surface area (Å²) < 4.78 is 44.9. The van der Waals surface area contributed by atoms with Gasteiger partial charge in [0.15, 0.2) is 9.84 Å². The van der Waals surface area contributed by atoms with Crippen LogP contribution in [-0.4, -0.2) is 26.8 Å². The lowest BCUT2D eigenvalue weighted by Crippen LogP contribution is -2.42. The van der Waals surface area contributed by atoms with Crippen LogP contribution in [0.3, 0.4) is 0 Å². The maximum Gasteiger partial charge on any atom is 0.309 e. The van der Waals surface area contributed by atoms with E-state index in [9.17, 15) is 22.4 Å². The van der Waals surface area contributed by atoms with Crippen molar-refractivity contribution in [2.24, 2.45) is 0 Å². The fraction of sp³-hybridized carbons (Fsp3) is 0.143. The van der Waals surface area contributed by atoms with E-state index in [1.807, 2.05) is 0 Å². The Morgan fingerprint density at radius 3 is 2.23 bits per heavy atom. The molecule has 9 heteroatoms. The van der Waals surface area contributed by atoms with Crippen molar-refractivity contribution in [1.29, 1.82) is 0 Å². The summed E-state index contributed by atoms with van der Waals surface area (Å²) in [6.07, 6.45) is 1.33. The molecule has 0 radical (unpaired) electrons. The molecule has 30 heavy (non-hydrogen) atoms. The van der Waals surface area contributed by atoms with Crippen molar-refractivity contribution in [2.45, 2.75) is 16.7 Å². The van der Waals surface area contributed by atoms with Crippen LogP contribution in [0.4, 0.5) is 4.39 Å². The molecule has 0 spiro atoms. The van der Waals surface area contributed by atoms with Crippen LogP contribution < -0.4 is 10.6 Å². The second kappa shape index (κ2) is 9.36. The molecule has 1 unspecified atom stereocenters. The summed E-state index contributed by atoms with van der Waals surface area (Å²) in [5, 5.41) is 3.39. The lowest BCUT2D eigenvalue weighted by Gasteiger charge is -2.16. The monoisotopic (exact) mass is 430 g/mol. The Bertz CT molecular complexity index is 1120. The zero-order valence-electron chi connectivity index (χ0n) is 15.7. The third-order valence-corrected chi connectivity index (χ3v) is 6.44. The minimum Gasteiger partial charge on any atom is -0.468 e. The third-order valence-electron chi connectivity index (χ3n) is 4.36. The van der Waals surface area contributed by atoms with Crippen molar-refractivity contribution >= 4 is 21.7 Å². The Hall–Kier alpha value is -3.46. The van der Waals surface area contributed by atoms with Gasteiger partial charge in [-0.1, -0.05) is 36.4 Å². The van der Waals surface area contributed by atoms with Crippen LogP contribution in [0.2, 0.25) is 0 Å². The second-order valence-corrected chi connectivity index (χ2v) is 8.48. The number of carbonyl (C=O) groups excluding carboxylic acids is 2. The Morgan fingerprint density at radius 2 is 1.57 bits per heavy atom. The smallest absolute Gasteiger partial charge is 0.309 e. The largest absolute Gasteiger partial charge is 0.468 e. The first-order valence-electron chi connectivity index (χ1n) is 9.01. The number of nitrogens with one attached hydrogen (secondary N) is 2. The third kappa shape index (κ3) is 4.93. The van der Waals surface area contributed by atoms with Gasteiger partial charge in [-0.2, -0.15) is 0 Å². The van der Waals surface area contributed by atoms with Crippen molar-refractivity contribution < 1.29 is 26.8 Å². The topological polar surface area (TPSA) is 105 Å². The fourth-order valence-electron chi connectivity index (χ4n) is 2.78. The molecule has 7 nitrogen and oxygen atoms in total. The maximum atomic E-state index is 13.6. The van der Waals surface area contributed by atoms with Crippen molar-refractivity contribution in [3.63, 3.8) is 0 Å². The van der Waals surface area contributed by atoms with E-state index in [1.165, 1.54) is 48.7 Å². The van der Waals surface area contributed by atoms with Crippen LogP contribution in [0.1, 0.15) is 16.6 Å². The molecule has 0 aliphatic heterocycles. The fourth-order valence-corrected chi connectivity index (χ4v) is 4.38. The van der Waals surface area contributed by atoms with Crippen LogP contribution in [-0.2, 0) is 26.0 Å². The first-order valence-corrected chi connectivity index (χ1v) is 10.6. The van der Waals surface area contributed by atoms with Gasteiger partial charge in [-0.15, -0.1) is 0 Å². The lowest BCUT2D eigenvalue weighted by molar-refractivity contribution is -0.139. The molecular formula is C21H19FN2O5S. The van der Waals surface area contributed by atoms with Gasteiger partial charge in [0.25, 0.3) is 0 Å². The van der Waals surface area contributed by atoms with E-state index in [1.54, 1.807) is 24.3 Å². The number of benzene rings is 2. The van der Waals surface area contributed by atoms with Gasteiger partial charge >= 0.3 is 11.8 Å². The van der Waals surface area contributed by atoms with Crippen LogP contribution >= 0.6 is 0 Å². The molecular weight excluding hydrogens is 411 g/mol. The first-order chi connectivity index (χ1) is 14.4. The molecule has 0 saturated carbocycles. The number of sulfone groups is 1.